The summed E-state index contributed by atoms with van der Waals surface area (Å²) in [6, 6.07) is 6.98. The van der Waals surface area contributed by atoms with E-state index in [-0.39, 0.29) is 5.75 Å². The number of aromatic nitrogens is 2. The van der Waals surface area contributed by atoms with Gasteiger partial charge in [-0.05, 0) is 6.07 Å². The molecule has 0 aliphatic carbocycles. The van der Waals surface area contributed by atoms with Crippen LogP contribution < -0.4 is 5.32 Å². The summed E-state index contributed by atoms with van der Waals surface area (Å²) in [6.07, 6.45) is 0. The summed E-state index contributed by atoms with van der Waals surface area (Å²) in [4.78, 5) is 0.361. The zero-order chi connectivity index (χ0) is 14.2. The maximum atomic E-state index is 12.3. The average Bonchev–Trinajstić information content (AvgIpc) is 2.82. The van der Waals surface area contributed by atoms with Crippen LogP contribution in [0.1, 0.15) is 5.56 Å². The minimum atomic E-state index is -3.31. The highest BCUT2D eigenvalue weighted by atomic mass is 32.2. The number of anilines is 1. The molecular weight excluding hydrogens is 278 g/mol. The van der Waals surface area contributed by atoms with Gasteiger partial charge in [0, 0.05) is 24.8 Å². The Hall–Kier alpha value is -1.86. The van der Waals surface area contributed by atoms with Gasteiger partial charge < -0.3 is 10.1 Å². The number of benzene rings is 1. The molecule has 0 spiro atoms. The topological polar surface area (TPSA) is 84.1 Å². The lowest BCUT2D eigenvalue weighted by molar-refractivity contribution is 0.210. The quantitative estimate of drug-likeness (QED) is 0.833. The first-order chi connectivity index (χ1) is 9.63. The highest BCUT2D eigenvalue weighted by molar-refractivity contribution is 7.90. The highest BCUT2D eigenvalue weighted by Crippen LogP contribution is 2.39. The second kappa shape index (κ2) is 4.92. The van der Waals surface area contributed by atoms with Crippen molar-refractivity contribution in [2.24, 2.45) is 0 Å². The number of aromatic amines is 1. The summed E-state index contributed by atoms with van der Waals surface area (Å²) >= 11 is 0. The van der Waals surface area contributed by atoms with Crippen LogP contribution in [0.25, 0.3) is 11.3 Å². The molecule has 0 saturated heterocycles. The van der Waals surface area contributed by atoms with Gasteiger partial charge >= 0.3 is 0 Å². The van der Waals surface area contributed by atoms with Crippen molar-refractivity contribution in [3.63, 3.8) is 0 Å². The van der Waals surface area contributed by atoms with Gasteiger partial charge in [-0.2, -0.15) is 5.10 Å². The van der Waals surface area contributed by atoms with E-state index < -0.39 is 9.84 Å². The first-order valence-electron chi connectivity index (χ1n) is 6.25. The maximum Gasteiger partial charge on any atom is 0.183 e. The zero-order valence-corrected chi connectivity index (χ0v) is 11.8. The molecule has 2 N–H and O–H groups in total. The van der Waals surface area contributed by atoms with Crippen LogP contribution in [0.3, 0.4) is 0 Å². The summed E-state index contributed by atoms with van der Waals surface area (Å²) < 4.78 is 29.6. The van der Waals surface area contributed by atoms with Crippen LogP contribution >= 0.6 is 0 Å². The monoisotopic (exact) mass is 293 g/mol. The number of rotatable bonds is 4. The van der Waals surface area contributed by atoms with Gasteiger partial charge in [-0.15, -0.1) is 0 Å². The van der Waals surface area contributed by atoms with Crippen LogP contribution in [0.4, 0.5) is 5.82 Å². The Morgan fingerprint density at radius 2 is 2.20 bits per heavy atom. The lowest BCUT2D eigenvalue weighted by Gasteiger charge is -2.17. The van der Waals surface area contributed by atoms with Gasteiger partial charge in [0.15, 0.2) is 15.7 Å². The Bertz CT molecular complexity index is 737. The van der Waals surface area contributed by atoms with Crippen LogP contribution in [0, 0.1) is 0 Å². The van der Waals surface area contributed by atoms with E-state index in [1.165, 1.54) is 0 Å². The van der Waals surface area contributed by atoms with Crippen LogP contribution in [-0.4, -0.2) is 38.9 Å². The first kappa shape index (κ1) is 13.1. The van der Waals surface area contributed by atoms with Crippen molar-refractivity contribution in [3.8, 4) is 11.3 Å². The number of H-pyrrole nitrogens is 1. The van der Waals surface area contributed by atoms with E-state index in [9.17, 15) is 8.42 Å². The number of hydrogen-bond acceptors (Lipinski definition) is 5. The molecule has 2 aromatic rings. The molecule has 0 amide bonds. The van der Waals surface area contributed by atoms with Crippen molar-refractivity contribution < 1.29 is 13.2 Å². The number of hydrogen-bond donors (Lipinski definition) is 2. The highest BCUT2D eigenvalue weighted by Gasteiger charge is 2.31. The molecule has 6 nitrogen and oxygen atoms in total. The summed E-state index contributed by atoms with van der Waals surface area (Å²) in [5.74, 6) is 0.542. The van der Waals surface area contributed by atoms with Crippen molar-refractivity contribution in [1.82, 2.24) is 10.2 Å². The zero-order valence-electron chi connectivity index (χ0n) is 11.0. The Labute approximate surface area is 117 Å². The lowest BCUT2D eigenvalue weighted by atomic mass is 10.1. The number of nitrogens with one attached hydrogen (secondary N) is 2. The van der Waals surface area contributed by atoms with Gasteiger partial charge in [0.1, 0.15) is 0 Å². The van der Waals surface area contributed by atoms with Crippen molar-refractivity contribution >= 4 is 15.7 Å². The van der Waals surface area contributed by atoms with E-state index in [0.29, 0.717) is 35.0 Å². The van der Waals surface area contributed by atoms with Gasteiger partial charge in [0.05, 0.1) is 22.9 Å². The van der Waals surface area contributed by atoms with Crippen molar-refractivity contribution in [3.05, 3.63) is 29.8 Å². The van der Waals surface area contributed by atoms with Crippen LogP contribution in [0.2, 0.25) is 0 Å². The predicted octanol–water partition coefficient (Wildman–Crippen LogP) is 1.42. The van der Waals surface area contributed by atoms with E-state index in [2.05, 4.69) is 15.5 Å². The third kappa shape index (κ3) is 2.08. The molecule has 20 heavy (non-hydrogen) atoms. The van der Waals surface area contributed by atoms with E-state index in [0.717, 1.165) is 5.69 Å². The summed E-state index contributed by atoms with van der Waals surface area (Å²) in [5, 5.41) is 10.2. The van der Waals surface area contributed by atoms with E-state index in [4.69, 9.17) is 4.74 Å². The first-order valence-corrected chi connectivity index (χ1v) is 7.91. The second-order valence-corrected chi connectivity index (χ2v) is 6.56. The molecule has 1 aliphatic heterocycles. The predicted molar refractivity (Wildman–Crippen MR) is 75.3 cm³/mol. The normalized spacial score (nSPS) is 15.4. The van der Waals surface area contributed by atoms with Gasteiger partial charge in [0.2, 0.25) is 0 Å². The fourth-order valence-corrected chi connectivity index (χ4v) is 3.97. The fourth-order valence-electron chi connectivity index (χ4n) is 2.36. The minimum Gasteiger partial charge on any atom is -0.383 e. The number of sulfone groups is 1. The molecule has 3 rings (SSSR count). The van der Waals surface area contributed by atoms with Crippen LogP contribution in [-0.2, 0) is 20.3 Å². The smallest absolute Gasteiger partial charge is 0.183 e. The standard InChI is InChI=1S/C13H15N3O3S/c1-19-7-6-14-13-10-8-20(17,18)11-5-3-2-4-9(11)12(10)15-16-13/h2-5H,6-8H2,1H3,(H2,14,15,16). The van der Waals surface area contributed by atoms with Crippen molar-refractivity contribution in [2.75, 3.05) is 25.6 Å². The number of ether oxygens (including phenoxy) is 1. The fraction of sp³-hybridized carbons (Fsp3) is 0.308. The molecule has 1 aromatic heterocycles. The third-order valence-electron chi connectivity index (χ3n) is 3.29. The molecular formula is C13H15N3O3S. The van der Waals surface area contributed by atoms with Gasteiger partial charge in [0.25, 0.3) is 0 Å². The van der Waals surface area contributed by atoms with Gasteiger partial charge in [-0.25, -0.2) is 8.42 Å². The van der Waals surface area contributed by atoms with Crippen LogP contribution in [0.5, 0.6) is 0 Å². The minimum absolute atomic E-state index is 0.0365. The molecule has 0 atom stereocenters. The second-order valence-electron chi connectivity index (χ2n) is 4.60. The molecule has 1 aliphatic rings. The molecule has 106 valence electrons. The lowest BCUT2D eigenvalue weighted by Crippen LogP contribution is -2.15. The molecule has 1 aromatic carbocycles. The number of methoxy groups -OCH3 is 1. The molecule has 0 bridgehead atoms. The Kier molecular flexibility index (Phi) is 3.23. The summed E-state index contributed by atoms with van der Waals surface area (Å²) in [7, 11) is -1.70. The average molecular weight is 293 g/mol. The molecule has 0 saturated carbocycles. The van der Waals surface area contributed by atoms with Crippen LogP contribution in [0.15, 0.2) is 29.2 Å². The van der Waals surface area contributed by atoms with Gasteiger partial charge in [-0.1, -0.05) is 18.2 Å². The maximum absolute atomic E-state index is 12.3. The Morgan fingerprint density at radius 1 is 1.40 bits per heavy atom. The summed E-state index contributed by atoms with van der Waals surface area (Å²) in [5.41, 5.74) is 2.15. The summed E-state index contributed by atoms with van der Waals surface area (Å²) in [6.45, 7) is 1.11. The molecule has 0 unspecified atom stereocenters. The van der Waals surface area contributed by atoms with E-state index in [1.54, 1.807) is 25.3 Å². The van der Waals surface area contributed by atoms with Crippen molar-refractivity contribution in [1.29, 1.82) is 0 Å². The van der Waals surface area contributed by atoms with Crippen molar-refractivity contribution in [2.45, 2.75) is 10.6 Å². The largest absolute Gasteiger partial charge is 0.383 e. The molecule has 2 heterocycles. The number of fused-ring (bicyclic) bond motifs is 3. The Balaban J connectivity index is 2.05. The molecule has 7 heteroatoms. The molecule has 0 fully saturated rings. The Morgan fingerprint density at radius 3 is 3.00 bits per heavy atom. The molecule has 0 radical (unpaired) electrons. The SMILES string of the molecule is COCCNc1n[nH]c2c1CS(=O)(=O)c1ccccc1-2. The third-order valence-corrected chi connectivity index (χ3v) is 4.99. The van der Waals surface area contributed by atoms with Gasteiger partial charge in [-0.3, -0.25) is 5.10 Å². The van der Waals surface area contributed by atoms with E-state index >= 15 is 0 Å². The number of nitrogens with zero attached hydrogens (tertiary/aromatic N) is 1. The van der Waals surface area contributed by atoms with E-state index in [1.807, 2.05) is 6.07 Å².